The van der Waals surface area contributed by atoms with Crippen LogP contribution in [0, 0.1) is 11.6 Å². The molecule has 1 unspecified atom stereocenters. The SMILES string of the molecule is CCn1c(C(O)(c2ccccc2)c2ccc(F)cc2F)nc2ccc(C(=O)NCCO)cc21. The molecule has 4 rings (SSSR count). The number of aromatic nitrogens is 2. The number of aliphatic hydroxyl groups is 2. The molecule has 3 aromatic carbocycles. The number of nitrogens with zero attached hydrogens (tertiary/aromatic N) is 2. The Hall–Kier alpha value is -3.62. The van der Waals surface area contributed by atoms with Crippen LogP contribution >= 0.6 is 0 Å². The van der Waals surface area contributed by atoms with E-state index in [1.54, 1.807) is 53.1 Å². The predicted molar refractivity (Wildman–Crippen MR) is 120 cm³/mol. The van der Waals surface area contributed by atoms with Crippen molar-refractivity contribution >= 4 is 16.9 Å². The lowest BCUT2D eigenvalue weighted by Crippen LogP contribution is -2.33. The zero-order valence-electron chi connectivity index (χ0n) is 17.9. The standard InChI is InChI=1S/C25H23F2N3O3/c1-2-30-22-14-16(23(32)28-12-13-31)8-11-21(22)29-24(30)25(33,17-6-4-3-5-7-17)19-10-9-18(26)15-20(19)27/h3-11,14-15,31,33H,2,12-13H2,1H3,(H,28,32). The Bertz CT molecular complexity index is 1310. The second-order valence-electron chi connectivity index (χ2n) is 7.56. The van der Waals surface area contributed by atoms with Crippen LogP contribution in [0.15, 0.2) is 66.7 Å². The first-order valence-electron chi connectivity index (χ1n) is 10.5. The van der Waals surface area contributed by atoms with Crippen molar-refractivity contribution in [3.63, 3.8) is 0 Å². The Morgan fingerprint density at radius 3 is 2.52 bits per heavy atom. The van der Waals surface area contributed by atoms with Gasteiger partial charge in [0.2, 0.25) is 0 Å². The van der Waals surface area contributed by atoms with Crippen LogP contribution in [-0.4, -0.2) is 38.8 Å². The number of benzene rings is 3. The number of hydrogen-bond acceptors (Lipinski definition) is 4. The number of hydrogen-bond donors (Lipinski definition) is 3. The average molecular weight is 451 g/mol. The van der Waals surface area contributed by atoms with Crippen LogP contribution in [0.5, 0.6) is 0 Å². The van der Waals surface area contributed by atoms with Gasteiger partial charge in [-0.05, 0) is 42.8 Å². The number of imidazole rings is 1. The maximum absolute atomic E-state index is 15.0. The van der Waals surface area contributed by atoms with Gasteiger partial charge in [-0.1, -0.05) is 30.3 Å². The molecule has 33 heavy (non-hydrogen) atoms. The first kappa shape index (κ1) is 22.6. The third-order valence-corrected chi connectivity index (χ3v) is 5.56. The largest absolute Gasteiger partial charge is 0.395 e. The topological polar surface area (TPSA) is 87.4 Å². The van der Waals surface area contributed by atoms with E-state index in [4.69, 9.17) is 5.11 Å². The van der Waals surface area contributed by atoms with Gasteiger partial charge < -0.3 is 20.1 Å². The number of aryl methyl sites for hydroxylation is 1. The highest BCUT2D eigenvalue weighted by atomic mass is 19.1. The minimum atomic E-state index is -2.02. The molecule has 1 heterocycles. The average Bonchev–Trinajstić information content (AvgIpc) is 3.21. The van der Waals surface area contributed by atoms with E-state index in [0.29, 0.717) is 28.7 Å². The van der Waals surface area contributed by atoms with E-state index in [2.05, 4.69) is 10.3 Å². The summed E-state index contributed by atoms with van der Waals surface area (Å²) in [4.78, 5) is 17.0. The second kappa shape index (κ2) is 9.09. The highest BCUT2D eigenvalue weighted by Gasteiger charge is 2.41. The summed E-state index contributed by atoms with van der Waals surface area (Å²) in [5.74, 6) is -1.88. The number of carbonyl (C=O) groups excluding carboxylic acids is 1. The summed E-state index contributed by atoms with van der Waals surface area (Å²) in [7, 11) is 0. The highest BCUT2D eigenvalue weighted by molar-refractivity contribution is 5.97. The molecule has 0 radical (unpaired) electrons. The number of aliphatic hydroxyl groups excluding tert-OH is 1. The highest BCUT2D eigenvalue weighted by Crippen LogP contribution is 2.39. The number of amides is 1. The molecular weight excluding hydrogens is 428 g/mol. The van der Waals surface area contributed by atoms with Crippen LogP contribution in [0.2, 0.25) is 0 Å². The molecule has 0 saturated carbocycles. The van der Waals surface area contributed by atoms with Gasteiger partial charge in [0.15, 0.2) is 11.4 Å². The molecule has 0 aliphatic heterocycles. The first-order chi connectivity index (χ1) is 15.9. The molecule has 0 saturated heterocycles. The summed E-state index contributed by atoms with van der Waals surface area (Å²) in [5, 5.41) is 23.6. The van der Waals surface area contributed by atoms with Gasteiger partial charge in [-0.3, -0.25) is 4.79 Å². The molecule has 0 bridgehead atoms. The van der Waals surface area contributed by atoms with Crippen molar-refractivity contribution in [1.29, 1.82) is 0 Å². The Balaban J connectivity index is 1.96. The molecule has 0 spiro atoms. The van der Waals surface area contributed by atoms with Gasteiger partial charge in [0.05, 0.1) is 17.6 Å². The molecule has 4 aromatic rings. The quantitative estimate of drug-likeness (QED) is 0.402. The summed E-state index contributed by atoms with van der Waals surface area (Å²) in [6.45, 7) is 2.15. The van der Waals surface area contributed by atoms with Gasteiger partial charge in [-0.15, -0.1) is 0 Å². The zero-order valence-corrected chi connectivity index (χ0v) is 17.9. The van der Waals surface area contributed by atoms with Crippen molar-refractivity contribution in [1.82, 2.24) is 14.9 Å². The molecule has 1 atom stereocenters. The molecule has 6 nitrogen and oxygen atoms in total. The third-order valence-electron chi connectivity index (χ3n) is 5.56. The minimum Gasteiger partial charge on any atom is -0.395 e. The normalized spacial score (nSPS) is 13.1. The molecule has 170 valence electrons. The van der Waals surface area contributed by atoms with Crippen LogP contribution in [0.4, 0.5) is 8.78 Å². The van der Waals surface area contributed by atoms with E-state index >= 15 is 0 Å². The predicted octanol–water partition coefficient (Wildman–Crippen LogP) is 3.34. The van der Waals surface area contributed by atoms with E-state index < -0.39 is 17.2 Å². The maximum atomic E-state index is 15.0. The molecule has 1 aromatic heterocycles. The summed E-state index contributed by atoms with van der Waals surface area (Å²) < 4.78 is 30.4. The van der Waals surface area contributed by atoms with Crippen molar-refractivity contribution in [3.05, 3.63) is 101 Å². The lowest BCUT2D eigenvalue weighted by molar-refractivity contribution is 0.0945. The van der Waals surface area contributed by atoms with E-state index in [1.807, 2.05) is 6.92 Å². The van der Waals surface area contributed by atoms with E-state index in [1.165, 1.54) is 6.07 Å². The van der Waals surface area contributed by atoms with Crippen molar-refractivity contribution in [3.8, 4) is 0 Å². The molecule has 3 N–H and O–H groups in total. The summed E-state index contributed by atoms with van der Waals surface area (Å²) in [6.07, 6.45) is 0. The van der Waals surface area contributed by atoms with Gasteiger partial charge in [0, 0.05) is 30.3 Å². The van der Waals surface area contributed by atoms with Crippen molar-refractivity contribution in [2.45, 2.75) is 19.1 Å². The van der Waals surface area contributed by atoms with Crippen LogP contribution < -0.4 is 5.32 Å². The second-order valence-corrected chi connectivity index (χ2v) is 7.56. The van der Waals surface area contributed by atoms with Crippen molar-refractivity contribution in [2.24, 2.45) is 0 Å². The van der Waals surface area contributed by atoms with E-state index in [0.717, 1.165) is 12.1 Å². The molecule has 0 aliphatic rings. The van der Waals surface area contributed by atoms with Gasteiger partial charge in [-0.2, -0.15) is 0 Å². The number of nitrogens with one attached hydrogen (secondary N) is 1. The van der Waals surface area contributed by atoms with E-state index in [9.17, 15) is 18.7 Å². The third kappa shape index (κ3) is 3.99. The zero-order chi connectivity index (χ0) is 23.6. The number of halogens is 2. The van der Waals surface area contributed by atoms with Crippen molar-refractivity contribution < 1.29 is 23.8 Å². The van der Waals surface area contributed by atoms with Crippen LogP contribution in [0.1, 0.15) is 34.2 Å². The Morgan fingerprint density at radius 2 is 1.85 bits per heavy atom. The lowest BCUT2D eigenvalue weighted by atomic mass is 9.85. The number of fused-ring (bicyclic) bond motifs is 1. The van der Waals surface area contributed by atoms with Crippen LogP contribution in [0.3, 0.4) is 0 Å². The molecule has 8 heteroatoms. The summed E-state index contributed by atoms with van der Waals surface area (Å²) >= 11 is 0. The molecule has 1 amide bonds. The molecule has 0 aliphatic carbocycles. The van der Waals surface area contributed by atoms with Crippen LogP contribution in [-0.2, 0) is 12.1 Å². The number of rotatable bonds is 7. The lowest BCUT2D eigenvalue weighted by Gasteiger charge is -2.29. The Kier molecular flexibility index (Phi) is 6.22. The maximum Gasteiger partial charge on any atom is 0.251 e. The molecule has 0 fully saturated rings. The smallest absolute Gasteiger partial charge is 0.251 e. The Labute approximate surface area is 189 Å². The molecular formula is C25H23F2N3O3. The monoisotopic (exact) mass is 451 g/mol. The summed E-state index contributed by atoms with van der Waals surface area (Å²) in [6, 6.07) is 16.4. The van der Waals surface area contributed by atoms with E-state index in [-0.39, 0.29) is 30.4 Å². The fourth-order valence-electron chi connectivity index (χ4n) is 4.00. The summed E-state index contributed by atoms with van der Waals surface area (Å²) in [5.41, 5.74) is -0.368. The fraction of sp³-hybridized carbons (Fsp3) is 0.200. The van der Waals surface area contributed by atoms with Gasteiger partial charge in [0.1, 0.15) is 11.6 Å². The van der Waals surface area contributed by atoms with Gasteiger partial charge >= 0.3 is 0 Å². The van der Waals surface area contributed by atoms with Gasteiger partial charge in [0.25, 0.3) is 5.91 Å². The van der Waals surface area contributed by atoms with Gasteiger partial charge in [-0.25, -0.2) is 13.8 Å². The fourth-order valence-corrected chi connectivity index (χ4v) is 4.00. The Morgan fingerprint density at radius 1 is 1.09 bits per heavy atom. The first-order valence-corrected chi connectivity index (χ1v) is 10.5. The van der Waals surface area contributed by atoms with Crippen molar-refractivity contribution in [2.75, 3.05) is 13.2 Å². The number of carbonyl (C=O) groups is 1. The minimum absolute atomic E-state index is 0.118. The van der Waals surface area contributed by atoms with Crippen LogP contribution in [0.25, 0.3) is 11.0 Å².